The van der Waals surface area contributed by atoms with Crippen molar-refractivity contribution in [3.05, 3.63) is 35.0 Å². The van der Waals surface area contributed by atoms with Gasteiger partial charge in [-0.25, -0.2) is 0 Å². The Labute approximate surface area is 108 Å². The second-order valence-corrected chi connectivity index (χ2v) is 4.95. The van der Waals surface area contributed by atoms with E-state index in [9.17, 15) is 13.2 Å². The number of hydrogen-bond donors (Lipinski definition) is 1. The summed E-state index contributed by atoms with van der Waals surface area (Å²) in [6.07, 6.45) is -3.85. The van der Waals surface area contributed by atoms with Gasteiger partial charge in [0.2, 0.25) is 0 Å². The van der Waals surface area contributed by atoms with E-state index in [1.807, 2.05) is 13.8 Å². The van der Waals surface area contributed by atoms with Gasteiger partial charge in [0.1, 0.15) is 0 Å². The fourth-order valence-electron chi connectivity index (χ4n) is 2.21. The minimum Gasteiger partial charge on any atom is -0.358 e. The van der Waals surface area contributed by atoms with Gasteiger partial charge in [-0.1, -0.05) is 13.8 Å². The molecule has 0 aliphatic carbocycles. The van der Waals surface area contributed by atoms with Crippen LogP contribution in [0.1, 0.15) is 30.7 Å². The maximum atomic E-state index is 13.1. The zero-order valence-corrected chi connectivity index (χ0v) is 10.6. The van der Waals surface area contributed by atoms with E-state index in [-0.39, 0.29) is 10.9 Å². The van der Waals surface area contributed by atoms with Crippen molar-refractivity contribution in [2.75, 3.05) is 0 Å². The van der Waals surface area contributed by atoms with Crippen molar-refractivity contribution < 1.29 is 13.2 Å². The first kappa shape index (κ1) is 13.5. The summed E-state index contributed by atoms with van der Waals surface area (Å²) in [6, 6.07) is 5.84. The molecule has 0 radical (unpaired) electrons. The third kappa shape index (κ3) is 2.58. The summed E-state index contributed by atoms with van der Waals surface area (Å²) in [7, 11) is 0. The van der Waals surface area contributed by atoms with E-state index in [4.69, 9.17) is 5.26 Å². The first-order chi connectivity index (χ1) is 8.82. The van der Waals surface area contributed by atoms with Crippen LogP contribution in [0.3, 0.4) is 0 Å². The number of nitrogens with one attached hydrogen (secondary N) is 1. The van der Waals surface area contributed by atoms with Crippen LogP contribution < -0.4 is 0 Å². The molecule has 0 fully saturated rings. The Morgan fingerprint density at radius 3 is 2.53 bits per heavy atom. The highest BCUT2D eigenvalue weighted by atomic mass is 19.4. The molecule has 0 bridgehead atoms. The maximum Gasteiger partial charge on any atom is 0.418 e. The molecule has 0 atom stereocenters. The number of nitriles is 1. The van der Waals surface area contributed by atoms with E-state index >= 15 is 0 Å². The minimum atomic E-state index is -4.53. The van der Waals surface area contributed by atoms with Gasteiger partial charge in [0.15, 0.2) is 0 Å². The summed E-state index contributed by atoms with van der Waals surface area (Å²) < 4.78 is 39.2. The second-order valence-electron chi connectivity index (χ2n) is 4.95. The smallest absolute Gasteiger partial charge is 0.358 e. The molecule has 100 valence electrons. The maximum absolute atomic E-state index is 13.1. The zero-order chi connectivity index (χ0) is 14.2. The van der Waals surface area contributed by atoms with Crippen LogP contribution in [0, 0.1) is 17.2 Å². The number of hydrogen-bond acceptors (Lipinski definition) is 1. The Balaban J connectivity index is 2.68. The largest absolute Gasteiger partial charge is 0.418 e. The van der Waals surface area contributed by atoms with Gasteiger partial charge in [0.25, 0.3) is 0 Å². The van der Waals surface area contributed by atoms with Gasteiger partial charge in [0.05, 0.1) is 17.2 Å². The summed E-state index contributed by atoms with van der Waals surface area (Å²) in [5, 5.41) is 8.90. The molecule has 19 heavy (non-hydrogen) atoms. The lowest BCUT2D eigenvalue weighted by Gasteiger charge is -2.09. The lowest BCUT2D eigenvalue weighted by molar-refractivity contribution is -0.136. The van der Waals surface area contributed by atoms with Crippen LogP contribution in [-0.2, 0) is 12.6 Å². The average molecular weight is 266 g/mol. The van der Waals surface area contributed by atoms with Crippen LogP contribution >= 0.6 is 0 Å². The molecular formula is C14H13F3N2. The number of rotatable bonds is 2. The molecular weight excluding hydrogens is 253 g/mol. The van der Waals surface area contributed by atoms with E-state index in [0.29, 0.717) is 17.9 Å². The molecule has 2 nitrogen and oxygen atoms in total. The highest BCUT2D eigenvalue weighted by molar-refractivity contribution is 5.86. The molecule has 0 aliphatic heterocycles. The monoisotopic (exact) mass is 266 g/mol. The van der Waals surface area contributed by atoms with E-state index in [0.717, 1.165) is 5.69 Å². The van der Waals surface area contributed by atoms with Crippen molar-refractivity contribution in [1.82, 2.24) is 4.98 Å². The molecule has 0 aliphatic rings. The van der Waals surface area contributed by atoms with Crippen LogP contribution in [-0.4, -0.2) is 4.98 Å². The predicted octanol–water partition coefficient (Wildman–Crippen LogP) is 4.26. The van der Waals surface area contributed by atoms with Crippen LogP contribution in [0.25, 0.3) is 10.9 Å². The van der Waals surface area contributed by atoms with Crippen LogP contribution in [0.5, 0.6) is 0 Å². The SMILES string of the molecule is CC(C)Cc1cc2c(C(F)(F)F)c(C#N)ccc2[nH]1. The van der Waals surface area contributed by atoms with Crippen LogP contribution in [0.15, 0.2) is 18.2 Å². The molecule has 1 N–H and O–H groups in total. The predicted molar refractivity (Wildman–Crippen MR) is 66.6 cm³/mol. The zero-order valence-electron chi connectivity index (χ0n) is 10.6. The van der Waals surface area contributed by atoms with Crippen molar-refractivity contribution in [3.63, 3.8) is 0 Å². The van der Waals surface area contributed by atoms with E-state index in [2.05, 4.69) is 4.98 Å². The number of H-pyrrole nitrogens is 1. The standard InChI is InChI=1S/C14H13F3N2/c1-8(2)5-10-6-11-12(19-10)4-3-9(7-18)13(11)14(15,16)17/h3-4,6,8,19H,5H2,1-2H3. The normalized spacial score (nSPS) is 12.1. The Kier molecular flexibility index (Phi) is 3.27. The fraction of sp³-hybridized carbons (Fsp3) is 0.357. The molecule has 0 saturated carbocycles. The highest BCUT2D eigenvalue weighted by Gasteiger charge is 2.36. The van der Waals surface area contributed by atoms with Crippen molar-refractivity contribution in [1.29, 1.82) is 5.26 Å². The van der Waals surface area contributed by atoms with Crippen LogP contribution in [0.2, 0.25) is 0 Å². The molecule has 5 heteroatoms. The van der Waals surface area contributed by atoms with Gasteiger partial charge in [-0.3, -0.25) is 0 Å². The Morgan fingerprint density at radius 1 is 1.32 bits per heavy atom. The van der Waals surface area contributed by atoms with E-state index < -0.39 is 11.7 Å². The quantitative estimate of drug-likeness (QED) is 0.866. The van der Waals surface area contributed by atoms with Gasteiger partial charge in [-0.2, -0.15) is 18.4 Å². The number of aromatic amines is 1. The lowest BCUT2D eigenvalue weighted by atomic mass is 10.0. The third-order valence-electron chi connectivity index (χ3n) is 2.89. The average Bonchev–Trinajstić information content (AvgIpc) is 2.66. The summed E-state index contributed by atoms with van der Waals surface area (Å²) >= 11 is 0. The summed E-state index contributed by atoms with van der Waals surface area (Å²) in [6.45, 7) is 3.99. The molecule has 0 spiro atoms. The fourth-order valence-corrected chi connectivity index (χ4v) is 2.21. The van der Waals surface area contributed by atoms with Crippen molar-refractivity contribution in [3.8, 4) is 6.07 Å². The second kappa shape index (κ2) is 4.61. The third-order valence-corrected chi connectivity index (χ3v) is 2.89. The van der Waals surface area contributed by atoms with E-state index in [1.54, 1.807) is 6.07 Å². The van der Waals surface area contributed by atoms with Crippen molar-refractivity contribution in [2.45, 2.75) is 26.4 Å². The van der Waals surface area contributed by atoms with Gasteiger partial charge < -0.3 is 4.98 Å². The minimum absolute atomic E-state index is 0.0715. The molecule has 1 aromatic carbocycles. The lowest BCUT2D eigenvalue weighted by Crippen LogP contribution is -2.08. The molecule has 2 aromatic rings. The molecule has 0 amide bonds. The Hall–Kier alpha value is -1.96. The molecule has 2 rings (SSSR count). The molecule has 0 saturated heterocycles. The van der Waals surface area contributed by atoms with Gasteiger partial charge >= 0.3 is 6.18 Å². The van der Waals surface area contributed by atoms with Gasteiger partial charge in [-0.05, 0) is 30.5 Å². The van der Waals surface area contributed by atoms with Crippen molar-refractivity contribution >= 4 is 10.9 Å². The number of alkyl halides is 3. The first-order valence-corrected chi connectivity index (χ1v) is 5.95. The molecule has 0 unspecified atom stereocenters. The Morgan fingerprint density at radius 2 is 2.00 bits per heavy atom. The summed E-state index contributed by atoms with van der Waals surface area (Å²) in [5.41, 5.74) is -0.0126. The highest BCUT2D eigenvalue weighted by Crippen LogP contribution is 2.37. The van der Waals surface area contributed by atoms with Crippen LogP contribution in [0.4, 0.5) is 13.2 Å². The summed E-state index contributed by atoms with van der Waals surface area (Å²) in [5.74, 6) is 0.345. The number of nitrogens with zero attached hydrogens (tertiary/aromatic N) is 1. The molecule has 1 heterocycles. The number of aromatic nitrogens is 1. The Bertz CT molecular complexity index is 645. The number of benzene rings is 1. The van der Waals surface area contributed by atoms with Crippen molar-refractivity contribution in [2.24, 2.45) is 5.92 Å². The van der Waals surface area contributed by atoms with Gasteiger partial charge in [0, 0.05) is 16.6 Å². The molecule has 1 aromatic heterocycles. The number of halogens is 3. The first-order valence-electron chi connectivity index (χ1n) is 5.95. The van der Waals surface area contributed by atoms with Gasteiger partial charge in [-0.15, -0.1) is 0 Å². The topological polar surface area (TPSA) is 39.6 Å². The summed E-state index contributed by atoms with van der Waals surface area (Å²) in [4.78, 5) is 2.98. The number of fused-ring (bicyclic) bond motifs is 1. The van der Waals surface area contributed by atoms with E-state index in [1.165, 1.54) is 18.2 Å².